The summed E-state index contributed by atoms with van der Waals surface area (Å²) in [5.41, 5.74) is 10.6. The number of nitrogens with two attached hydrogens (primary N) is 1. The monoisotopic (exact) mass is 244 g/mol. The molecule has 2 heteroatoms. The number of fused-ring (bicyclic) bond motifs is 1. The molecule has 98 valence electrons. The number of aryl methyl sites for hydroxylation is 1. The summed E-state index contributed by atoms with van der Waals surface area (Å²) < 4.78 is 2.55. The zero-order valence-corrected chi connectivity index (χ0v) is 11.4. The van der Waals surface area contributed by atoms with Crippen LogP contribution in [0, 0.1) is 12.8 Å². The van der Waals surface area contributed by atoms with Gasteiger partial charge in [-0.1, -0.05) is 12.2 Å². The largest absolute Gasteiger partial charge is 0.348 e. The third kappa shape index (κ3) is 2.14. The molecule has 2 atom stereocenters. The predicted molar refractivity (Wildman–Crippen MR) is 75.5 cm³/mol. The normalized spacial score (nSPS) is 27.2. The molecule has 2 aliphatic rings. The van der Waals surface area contributed by atoms with E-state index < -0.39 is 0 Å². The molecule has 0 radical (unpaired) electrons. The van der Waals surface area contributed by atoms with Crippen molar-refractivity contribution < 1.29 is 0 Å². The molecule has 1 aromatic heterocycles. The maximum atomic E-state index is 6.24. The maximum absolute atomic E-state index is 6.24. The molecule has 0 saturated heterocycles. The zero-order valence-electron chi connectivity index (χ0n) is 11.4. The van der Waals surface area contributed by atoms with Gasteiger partial charge in [-0.05, 0) is 63.0 Å². The fourth-order valence-electron chi connectivity index (χ4n) is 3.53. The van der Waals surface area contributed by atoms with Crippen molar-refractivity contribution in [1.29, 1.82) is 0 Å². The third-order valence-corrected chi connectivity index (χ3v) is 4.60. The minimum absolute atomic E-state index is 0.278. The van der Waals surface area contributed by atoms with Gasteiger partial charge >= 0.3 is 0 Å². The van der Waals surface area contributed by atoms with E-state index in [0.717, 1.165) is 12.3 Å². The predicted octanol–water partition coefficient (Wildman–Crippen LogP) is 3.49. The van der Waals surface area contributed by atoms with Crippen LogP contribution >= 0.6 is 0 Å². The minimum Gasteiger partial charge on any atom is -0.348 e. The smallest absolute Gasteiger partial charge is 0.0313 e. The number of aromatic nitrogens is 1. The molecule has 0 aliphatic heterocycles. The Bertz CT molecular complexity index is 456. The molecule has 2 nitrogen and oxygen atoms in total. The van der Waals surface area contributed by atoms with Crippen molar-refractivity contribution in [3.63, 3.8) is 0 Å². The Morgan fingerprint density at radius 1 is 1.33 bits per heavy atom. The first-order chi connectivity index (χ1) is 8.75. The van der Waals surface area contributed by atoms with Crippen molar-refractivity contribution in [3.05, 3.63) is 35.2 Å². The number of allylic oxidation sites excluding steroid dienone is 2. The van der Waals surface area contributed by atoms with Crippen LogP contribution in [0.2, 0.25) is 0 Å². The van der Waals surface area contributed by atoms with Crippen LogP contribution in [0.25, 0.3) is 0 Å². The Morgan fingerprint density at radius 3 is 3.00 bits per heavy atom. The van der Waals surface area contributed by atoms with Crippen LogP contribution in [0.3, 0.4) is 0 Å². The van der Waals surface area contributed by atoms with Gasteiger partial charge in [0.2, 0.25) is 0 Å². The van der Waals surface area contributed by atoms with Crippen LogP contribution in [0.1, 0.15) is 55.1 Å². The third-order valence-electron chi connectivity index (χ3n) is 4.60. The molecule has 2 unspecified atom stereocenters. The Hall–Kier alpha value is -1.02. The van der Waals surface area contributed by atoms with E-state index in [-0.39, 0.29) is 6.04 Å². The van der Waals surface area contributed by atoms with Gasteiger partial charge in [-0.15, -0.1) is 0 Å². The van der Waals surface area contributed by atoms with Gasteiger partial charge in [0.25, 0.3) is 0 Å². The first-order valence-corrected chi connectivity index (χ1v) is 7.35. The van der Waals surface area contributed by atoms with E-state index in [9.17, 15) is 0 Å². The van der Waals surface area contributed by atoms with Crippen LogP contribution < -0.4 is 5.73 Å². The van der Waals surface area contributed by atoms with Gasteiger partial charge in [0.1, 0.15) is 0 Å². The molecule has 18 heavy (non-hydrogen) atoms. The van der Waals surface area contributed by atoms with E-state index in [0.29, 0.717) is 0 Å². The molecule has 1 heterocycles. The highest BCUT2D eigenvalue weighted by Gasteiger charge is 2.23. The minimum atomic E-state index is 0.278. The van der Waals surface area contributed by atoms with Crippen LogP contribution in [0.5, 0.6) is 0 Å². The van der Waals surface area contributed by atoms with E-state index in [1.54, 1.807) is 0 Å². The van der Waals surface area contributed by atoms with E-state index in [1.807, 2.05) is 0 Å². The van der Waals surface area contributed by atoms with E-state index in [4.69, 9.17) is 5.73 Å². The van der Waals surface area contributed by atoms with Crippen molar-refractivity contribution in [2.45, 2.75) is 58.0 Å². The molecule has 0 spiro atoms. The second kappa shape index (κ2) is 4.93. The first-order valence-electron chi connectivity index (χ1n) is 7.35. The van der Waals surface area contributed by atoms with Crippen molar-refractivity contribution in [3.8, 4) is 0 Å². The van der Waals surface area contributed by atoms with Gasteiger partial charge in [-0.2, -0.15) is 0 Å². The molecular weight excluding hydrogens is 220 g/mol. The van der Waals surface area contributed by atoms with Crippen molar-refractivity contribution in [2.24, 2.45) is 11.7 Å². The lowest BCUT2D eigenvalue weighted by Crippen LogP contribution is -2.20. The van der Waals surface area contributed by atoms with Gasteiger partial charge in [0, 0.05) is 24.0 Å². The molecule has 2 aliphatic carbocycles. The lowest BCUT2D eigenvalue weighted by molar-refractivity contribution is 0.395. The van der Waals surface area contributed by atoms with Gasteiger partial charge in [0.05, 0.1) is 0 Å². The fourth-order valence-corrected chi connectivity index (χ4v) is 3.53. The Balaban J connectivity index is 1.85. The number of nitrogens with zero attached hydrogens (tertiary/aromatic N) is 1. The Kier molecular flexibility index (Phi) is 3.29. The highest BCUT2D eigenvalue weighted by molar-refractivity contribution is 5.32. The fraction of sp³-hybridized carbons (Fsp3) is 0.625. The van der Waals surface area contributed by atoms with Crippen molar-refractivity contribution >= 4 is 0 Å². The Labute approximate surface area is 110 Å². The summed E-state index contributed by atoms with van der Waals surface area (Å²) in [6.45, 7) is 3.43. The van der Waals surface area contributed by atoms with E-state index in [1.165, 1.54) is 55.6 Å². The second-order valence-corrected chi connectivity index (χ2v) is 5.95. The molecule has 0 fully saturated rings. The van der Waals surface area contributed by atoms with Crippen LogP contribution in [0.4, 0.5) is 0 Å². The van der Waals surface area contributed by atoms with Gasteiger partial charge in [-0.3, -0.25) is 0 Å². The van der Waals surface area contributed by atoms with Crippen LogP contribution in [-0.2, 0) is 13.0 Å². The highest BCUT2D eigenvalue weighted by Crippen LogP contribution is 2.32. The van der Waals surface area contributed by atoms with E-state index in [2.05, 4.69) is 29.7 Å². The van der Waals surface area contributed by atoms with Gasteiger partial charge in [-0.25, -0.2) is 0 Å². The highest BCUT2D eigenvalue weighted by atomic mass is 15.0. The van der Waals surface area contributed by atoms with Crippen molar-refractivity contribution in [1.82, 2.24) is 4.57 Å². The molecule has 0 saturated carbocycles. The average Bonchev–Trinajstić information content (AvgIpc) is 2.70. The number of rotatable bonds is 2. The lowest BCUT2D eigenvalue weighted by Gasteiger charge is -2.24. The second-order valence-electron chi connectivity index (χ2n) is 5.95. The summed E-state index contributed by atoms with van der Waals surface area (Å²) in [7, 11) is 0. The van der Waals surface area contributed by atoms with E-state index >= 15 is 0 Å². The summed E-state index contributed by atoms with van der Waals surface area (Å²) in [6.07, 6.45) is 12.2. The van der Waals surface area contributed by atoms with Gasteiger partial charge in [0.15, 0.2) is 0 Å². The lowest BCUT2D eigenvalue weighted by atomic mass is 9.92. The van der Waals surface area contributed by atoms with Crippen LogP contribution in [0.15, 0.2) is 18.2 Å². The van der Waals surface area contributed by atoms with Crippen molar-refractivity contribution in [2.75, 3.05) is 0 Å². The molecule has 0 bridgehead atoms. The summed E-state index contributed by atoms with van der Waals surface area (Å²) in [5.74, 6) is 0.823. The standard InChI is InChI=1S/C16H24N2/c1-12-10-14-15(17)8-5-9-16(14)18(12)11-13-6-3-2-4-7-13/h2-3,10,13,15H,4-9,11,17H2,1H3. The summed E-state index contributed by atoms with van der Waals surface area (Å²) in [4.78, 5) is 0. The first kappa shape index (κ1) is 12.0. The van der Waals surface area contributed by atoms with Gasteiger partial charge < -0.3 is 10.3 Å². The zero-order chi connectivity index (χ0) is 12.5. The summed E-state index contributed by atoms with van der Waals surface area (Å²) in [6, 6.07) is 2.61. The number of hydrogen-bond donors (Lipinski definition) is 1. The quantitative estimate of drug-likeness (QED) is 0.793. The maximum Gasteiger partial charge on any atom is 0.0313 e. The molecular formula is C16H24N2. The SMILES string of the molecule is Cc1cc2c(n1CC1CC=CCC1)CCCC2N. The number of hydrogen-bond acceptors (Lipinski definition) is 1. The summed E-state index contributed by atoms with van der Waals surface area (Å²) >= 11 is 0. The van der Waals surface area contributed by atoms with Crippen LogP contribution in [-0.4, -0.2) is 4.57 Å². The molecule has 0 aromatic carbocycles. The molecule has 1 aromatic rings. The molecule has 3 rings (SSSR count). The topological polar surface area (TPSA) is 30.9 Å². The average molecular weight is 244 g/mol. The Morgan fingerprint density at radius 2 is 2.22 bits per heavy atom. The molecule has 2 N–H and O–H groups in total. The molecule has 0 amide bonds. The summed E-state index contributed by atoms with van der Waals surface area (Å²) in [5, 5.41) is 0.